The van der Waals surface area contributed by atoms with Gasteiger partial charge >= 0.3 is 0 Å². The zero-order valence-corrected chi connectivity index (χ0v) is 13.5. The van der Waals surface area contributed by atoms with E-state index in [4.69, 9.17) is 5.73 Å². The first-order valence-electron chi connectivity index (χ1n) is 7.07. The Bertz CT molecular complexity index is 414. The Morgan fingerprint density at radius 1 is 1.32 bits per heavy atom. The molecule has 1 aliphatic carbocycles. The van der Waals surface area contributed by atoms with E-state index in [0.29, 0.717) is 0 Å². The quantitative estimate of drug-likeness (QED) is 0.925. The maximum Gasteiger partial charge on any atom is 0.0410 e. The van der Waals surface area contributed by atoms with Crippen molar-refractivity contribution < 1.29 is 0 Å². The monoisotopic (exact) mass is 325 g/mol. The minimum atomic E-state index is 0.153. The van der Waals surface area contributed by atoms with E-state index < -0.39 is 0 Å². The van der Waals surface area contributed by atoms with Crippen molar-refractivity contribution >= 4 is 15.9 Å². The van der Waals surface area contributed by atoms with Crippen molar-refractivity contribution in [3.8, 4) is 0 Å². The number of likely N-dealkylation sites (N-methyl/N-ethyl adjacent to an activating group) is 1. The van der Waals surface area contributed by atoms with Gasteiger partial charge in [0.05, 0.1) is 0 Å². The highest BCUT2D eigenvalue weighted by molar-refractivity contribution is 9.10. The molecule has 1 aromatic heterocycles. The van der Waals surface area contributed by atoms with Crippen LogP contribution in [-0.2, 0) is 6.42 Å². The van der Waals surface area contributed by atoms with Crippen molar-refractivity contribution in [2.45, 2.75) is 50.1 Å². The summed E-state index contributed by atoms with van der Waals surface area (Å²) in [6.45, 7) is 0. The fraction of sp³-hybridized carbons (Fsp3) is 0.667. The van der Waals surface area contributed by atoms with Crippen LogP contribution in [0.1, 0.15) is 37.7 Å². The second-order valence-corrected chi connectivity index (χ2v) is 6.80. The molecule has 4 heteroatoms. The maximum absolute atomic E-state index is 6.58. The van der Waals surface area contributed by atoms with E-state index in [9.17, 15) is 0 Å². The van der Waals surface area contributed by atoms with Crippen LogP contribution in [0, 0.1) is 0 Å². The molecule has 1 aromatic rings. The molecular weight excluding hydrogens is 302 g/mol. The third kappa shape index (κ3) is 3.36. The van der Waals surface area contributed by atoms with E-state index in [2.05, 4.69) is 46.0 Å². The van der Waals surface area contributed by atoms with Gasteiger partial charge in [0.2, 0.25) is 0 Å². The molecule has 1 aliphatic rings. The molecule has 0 aliphatic heterocycles. The zero-order valence-electron chi connectivity index (χ0n) is 11.9. The number of aromatic nitrogens is 1. The summed E-state index contributed by atoms with van der Waals surface area (Å²) in [6.07, 6.45) is 11.0. The van der Waals surface area contributed by atoms with Gasteiger partial charge in [0.1, 0.15) is 0 Å². The predicted molar refractivity (Wildman–Crippen MR) is 83.1 cm³/mol. The number of nitrogens with two attached hydrogens (primary N) is 1. The topological polar surface area (TPSA) is 42.1 Å². The summed E-state index contributed by atoms with van der Waals surface area (Å²) in [6, 6.07) is 2.29. The van der Waals surface area contributed by atoms with Gasteiger partial charge in [0.25, 0.3) is 0 Å². The molecule has 0 aromatic carbocycles. The Hall–Kier alpha value is -0.450. The van der Waals surface area contributed by atoms with Crippen LogP contribution in [0.15, 0.2) is 22.9 Å². The van der Waals surface area contributed by atoms with Crippen molar-refractivity contribution in [2.24, 2.45) is 5.73 Å². The van der Waals surface area contributed by atoms with E-state index in [1.165, 1.54) is 37.7 Å². The predicted octanol–water partition coefficient (Wildman–Crippen LogP) is 2.98. The van der Waals surface area contributed by atoms with Gasteiger partial charge in [-0.2, -0.15) is 0 Å². The molecule has 106 valence electrons. The van der Waals surface area contributed by atoms with Gasteiger partial charge in [-0.15, -0.1) is 0 Å². The summed E-state index contributed by atoms with van der Waals surface area (Å²) < 4.78 is 1.03. The molecule has 0 bridgehead atoms. The minimum Gasteiger partial charge on any atom is -0.326 e. The third-order valence-electron chi connectivity index (χ3n) is 4.52. The smallest absolute Gasteiger partial charge is 0.0410 e. The van der Waals surface area contributed by atoms with Gasteiger partial charge in [-0.05, 0) is 60.9 Å². The lowest BCUT2D eigenvalue weighted by molar-refractivity contribution is 0.0715. The Labute approximate surface area is 124 Å². The molecule has 1 atom stereocenters. The lowest BCUT2D eigenvalue weighted by Crippen LogP contribution is -2.59. The molecule has 0 spiro atoms. The number of pyridine rings is 1. The van der Waals surface area contributed by atoms with Crippen LogP contribution in [0.2, 0.25) is 0 Å². The van der Waals surface area contributed by atoms with E-state index >= 15 is 0 Å². The van der Waals surface area contributed by atoms with Crippen LogP contribution in [0.4, 0.5) is 0 Å². The van der Waals surface area contributed by atoms with Crippen LogP contribution in [0.25, 0.3) is 0 Å². The SMILES string of the molecule is CN(C)C1(C(N)Cc2cncc(Br)c2)CCCCC1. The average Bonchev–Trinajstić information content (AvgIpc) is 2.39. The largest absolute Gasteiger partial charge is 0.326 e. The van der Waals surface area contributed by atoms with E-state index in [1.54, 1.807) is 0 Å². The third-order valence-corrected chi connectivity index (χ3v) is 4.95. The van der Waals surface area contributed by atoms with Crippen molar-refractivity contribution in [1.29, 1.82) is 0 Å². The Morgan fingerprint density at radius 3 is 2.58 bits per heavy atom. The zero-order chi connectivity index (χ0) is 13.9. The summed E-state index contributed by atoms with van der Waals surface area (Å²) in [4.78, 5) is 6.58. The van der Waals surface area contributed by atoms with Crippen LogP contribution < -0.4 is 5.73 Å². The first-order chi connectivity index (χ1) is 9.04. The van der Waals surface area contributed by atoms with Crippen molar-refractivity contribution in [3.05, 3.63) is 28.5 Å². The van der Waals surface area contributed by atoms with Gasteiger partial charge in [-0.25, -0.2) is 0 Å². The van der Waals surface area contributed by atoms with Gasteiger partial charge in [-0.3, -0.25) is 4.98 Å². The Balaban J connectivity index is 2.13. The summed E-state index contributed by atoms with van der Waals surface area (Å²) >= 11 is 3.48. The lowest BCUT2D eigenvalue weighted by atomic mass is 9.74. The molecule has 0 radical (unpaired) electrons. The summed E-state index contributed by atoms with van der Waals surface area (Å²) in [5.74, 6) is 0. The van der Waals surface area contributed by atoms with Gasteiger partial charge < -0.3 is 10.6 Å². The number of halogens is 1. The summed E-state index contributed by atoms with van der Waals surface area (Å²) in [5.41, 5.74) is 7.95. The van der Waals surface area contributed by atoms with Crippen LogP contribution in [0.5, 0.6) is 0 Å². The molecule has 2 rings (SSSR count). The number of hydrogen-bond donors (Lipinski definition) is 1. The number of nitrogens with zero attached hydrogens (tertiary/aromatic N) is 2. The molecule has 3 nitrogen and oxygen atoms in total. The average molecular weight is 326 g/mol. The highest BCUT2D eigenvalue weighted by Crippen LogP contribution is 2.35. The standard InChI is InChI=1S/C15H24BrN3/c1-19(2)15(6-4-3-5-7-15)14(17)9-12-8-13(16)11-18-10-12/h8,10-11,14H,3-7,9,17H2,1-2H3. The summed E-state index contributed by atoms with van der Waals surface area (Å²) in [5, 5.41) is 0. The first-order valence-corrected chi connectivity index (χ1v) is 7.86. The fourth-order valence-corrected chi connectivity index (χ4v) is 3.74. The fourth-order valence-electron chi connectivity index (χ4n) is 3.33. The van der Waals surface area contributed by atoms with Gasteiger partial charge in [0.15, 0.2) is 0 Å². The molecule has 1 fully saturated rings. The minimum absolute atomic E-state index is 0.153. The highest BCUT2D eigenvalue weighted by Gasteiger charge is 2.39. The molecule has 0 amide bonds. The van der Waals surface area contributed by atoms with Gasteiger partial charge in [0, 0.05) is 28.4 Å². The highest BCUT2D eigenvalue weighted by atomic mass is 79.9. The molecular formula is C15H24BrN3. The lowest BCUT2D eigenvalue weighted by Gasteiger charge is -2.47. The van der Waals surface area contributed by atoms with Crippen LogP contribution >= 0.6 is 15.9 Å². The van der Waals surface area contributed by atoms with Crippen LogP contribution in [0.3, 0.4) is 0 Å². The van der Waals surface area contributed by atoms with Crippen molar-refractivity contribution in [2.75, 3.05) is 14.1 Å². The Kier molecular flexibility index (Phi) is 4.98. The summed E-state index contributed by atoms with van der Waals surface area (Å²) in [7, 11) is 4.34. The van der Waals surface area contributed by atoms with E-state index in [1.807, 2.05) is 12.4 Å². The van der Waals surface area contributed by atoms with E-state index in [0.717, 1.165) is 10.9 Å². The van der Waals surface area contributed by atoms with Crippen molar-refractivity contribution in [1.82, 2.24) is 9.88 Å². The first kappa shape index (κ1) is 14.9. The maximum atomic E-state index is 6.58. The number of rotatable bonds is 4. The molecule has 19 heavy (non-hydrogen) atoms. The number of hydrogen-bond acceptors (Lipinski definition) is 3. The molecule has 2 N–H and O–H groups in total. The second kappa shape index (κ2) is 6.33. The molecule has 1 saturated carbocycles. The van der Waals surface area contributed by atoms with E-state index in [-0.39, 0.29) is 11.6 Å². The van der Waals surface area contributed by atoms with Crippen molar-refractivity contribution in [3.63, 3.8) is 0 Å². The second-order valence-electron chi connectivity index (χ2n) is 5.88. The van der Waals surface area contributed by atoms with Gasteiger partial charge in [-0.1, -0.05) is 19.3 Å². The van der Waals surface area contributed by atoms with Crippen LogP contribution in [-0.4, -0.2) is 35.6 Å². The molecule has 0 saturated heterocycles. The Morgan fingerprint density at radius 2 is 2.00 bits per heavy atom. The normalized spacial score (nSPS) is 20.5. The molecule has 1 heterocycles. The molecule has 1 unspecified atom stereocenters.